The van der Waals surface area contributed by atoms with Crippen molar-refractivity contribution in [3.05, 3.63) is 23.9 Å². The highest BCUT2D eigenvalue weighted by Crippen LogP contribution is 2.26. The number of aliphatic hydroxyl groups excluding tert-OH is 1. The van der Waals surface area contributed by atoms with Crippen LogP contribution in [0.5, 0.6) is 0 Å². The Morgan fingerprint density at radius 1 is 1.29 bits per heavy atom. The van der Waals surface area contributed by atoms with E-state index in [0.717, 1.165) is 37.3 Å². The summed E-state index contributed by atoms with van der Waals surface area (Å²) >= 11 is 0. The molecule has 0 unspecified atom stereocenters. The maximum Gasteiger partial charge on any atom is 0.317 e. The van der Waals surface area contributed by atoms with Crippen LogP contribution in [0.1, 0.15) is 44.1 Å². The molecule has 1 aliphatic heterocycles. The molecule has 6 heteroatoms. The number of aliphatic hydroxyl groups is 1. The van der Waals surface area contributed by atoms with E-state index in [9.17, 15) is 4.79 Å². The molecule has 2 heterocycles. The first-order valence-corrected chi connectivity index (χ1v) is 9.13. The van der Waals surface area contributed by atoms with Crippen molar-refractivity contribution in [2.45, 2.75) is 51.1 Å². The zero-order valence-electron chi connectivity index (χ0n) is 14.3. The standard InChI is InChI=1S/C18H28N4O2/c23-12-11-22(16-5-6-16)18(24)20-14-15-7-8-19-17(13-15)21-9-3-1-2-4-10-21/h7-8,13,16,23H,1-6,9-12,14H2,(H,20,24). The molecule has 2 fully saturated rings. The quantitative estimate of drug-likeness (QED) is 0.837. The van der Waals surface area contributed by atoms with Gasteiger partial charge in [0.05, 0.1) is 6.61 Å². The summed E-state index contributed by atoms with van der Waals surface area (Å²) in [5.41, 5.74) is 1.07. The van der Waals surface area contributed by atoms with E-state index in [0.29, 0.717) is 19.1 Å². The molecule has 6 nitrogen and oxygen atoms in total. The Morgan fingerprint density at radius 2 is 2.04 bits per heavy atom. The van der Waals surface area contributed by atoms with Gasteiger partial charge in [-0.25, -0.2) is 9.78 Å². The van der Waals surface area contributed by atoms with E-state index in [2.05, 4.69) is 21.3 Å². The third-order valence-corrected chi connectivity index (χ3v) is 4.77. The van der Waals surface area contributed by atoms with Crippen molar-refractivity contribution in [3.8, 4) is 0 Å². The highest BCUT2D eigenvalue weighted by molar-refractivity contribution is 5.75. The number of carbonyl (C=O) groups is 1. The number of hydrogen-bond acceptors (Lipinski definition) is 4. The van der Waals surface area contributed by atoms with Gasteiger partial charge in [0.25, 0.3) is 0 Å². The molecular formula is C18H28N4O2. The summed E-state index contributed by atoms with van der Waals surface area (Å²) in [4.78, 5) is 20.9. The summed E-state index contributed by atoms with van der Waals surface area (Å²) < 4.78 is 0. The second-order valence-corrected chi connectivity index (χ2v) is 6.73. The van der Waals surface area contributed by atoms with Gasteiger partial charge in [0.15, 0.2) is 0 Å². The Bertz CT molecular complexity index is 540. The van der Waals surface area contributed by atoms with Crippen molar-refractivity contribution in [1.82, 2.24) is 15.2 Å². The van der Waals surface area contributed by atoms with Crippen LogP contribution in [-0.2, 0) is 6.54 Å². The van der Waals surface area contributed by atoms with Gasteiger partial charge in [-0.3, -0.25) is 0 Å². The molecule has 1 saturated heterocycles. The van der Waals surface area contributed by atoms with Gasteiger partial charge in [0.2, 0.25) is 0 Å². The van der Waals surface area contributed by atoms with E-state index >= 15 is 0 Å². The summed E-state index contributed by atoms with van der Waals surface area (Å²) in [5, 5.41) is 12.1. The molecule has 0 spiro atoms. The van der Waals surface area contributed by atoms with E-state index in [1.807, 2.05) is 12.3 Å². The van der Waals surface area contributed by atoms with Crippen LogP contribution in [0.25, 0.3) is 0 Å². The first-order valence-electron chi connectivity index (χ1n) is 9.13. The third-order valence-electron chi connectivity index (χ3n) is 4.77. The van der Waals surface area contributed by atoms with Gasteiger partial charge in [-0.1, -0.05) is 12.8 Å². The molecule has 2 N–H and O–H groups in total. The molecule has 1 aliphatic carbocycles. The van der Waals surface area contributed by atoms with Gasteiger partial charge < -0.3 is 20.2 Å². The Kier molecular flexibility index (Phi) is 5.91. The molecule has 0 bridgehead atoms. The monoisotopic (exact) mass is 332 g/mol. The molecule has 0 radical (unpaired) electrons. The number of nitrogens with zero attached hydrogens (tertiary/aromatic N) is 3. The first kappa shape index (κ1) is 17.0. The highest BCUT2D eigenvalue weighted by atomic mass is 16.3. The number of anilines is 1. The average Bonchev–Trinajstić information content (AvgIpc) is 3.44. The number of hydrogen-bond donors (Lipinski definition) is 2. The van der Waals surface area contributed by atoms with Crippen molar-refractivity contribution in [2.75, 3.05) is 31.1 Å². The van der Waals surface area contributed by atoms with Gasteiger partial charge in [0, 0.05) is 38.4 Å². The predicted molar refractivity (Wildman–Crippen MR) is 94.0 cm³/mol. The molecule has 1 aromatic rings. The third kappa shape index (κ3) is 4.60. The highest BCUT2D eigenvalue weighted by Gasteiger charge is 2.31. The first-order chi connectivity index (χ1) is 11.8. The van der Waals surface area contributed by atoms with Crippen molar-refractivity contribution in [1.29, 1.82) is 0 Å². The lowest BCUT2D eigenvalue weighted by Crippen LogP contribution is -2.42. The minimum Gasteiger partial charge on any atom is -0.395 e. The van der Waals surface area contributed by atoms with Gasteiger partial charge in [0.1, 0.15) is 5.82 Å². The second-order valence-electron chi connectivity index (χ2n) is 6.73. The smallest absolute Gasteiger partial charge is 0.317 e. The van der Waals surface area contributed by atoms with Gasteiger partial charge >= 0.3 is 6.03 Å². The van der Waals surface area contributed by atoms with Crippen LogP contribution in [0.2, 0.25) is 0 Å². The predicted octanol–water partition coefficient (Wildman–Crippen LogP) is 2.13. The maximum absolute atomic E-state index is 12.3. The molecule has 1 saturated carbocycles. The minimum absolute atomic E-state index is 0.0122. The molecule has 3 rings (SSSR count). The molecule has 24 heavy (non-hydrogen) atoms. The molecule has 1 aromatic heterocycles. The number of nitrogens with one attached hydrogen (secondary N) is 1. The summed E-state index contributed by atoms with van der Waals surface area (Å²) in [6, 6.07) is 4.26. The SMILES string of the molecule is O=C(NCc1ccnc(N2CCCCCC2)c1)N(CCO)C1CC1. The van der Waals surface area contributed by atoms with Crippen molar-refractivity contribution >= 4 is 11.8 Å². The van der Waals surface area contributed by atoms with E-state index in [4.69, 9.17) is 5.11 Å². The Hall–Kier alpha value is -1.82. The van der Waals surface area contributed by atoms with Crippen LogP contribution < -0.4 is 10.2 Å². The van der Waals surface area contributed by atoms with Crippen LogP contribution >= 0.6 is 0 Å². The van der Waals surface area contributed by atoms with E-state index in [1.54, 1.807) is 4.90 Å². The fraction of sp³-hybridized carbons (Fsp3) is 0.667. The van der Waals surface area contributed by atoms with E-state index in [1.165, 1.54) is 25.7 Å². The lowest BCUT2D eigenvalue weighted by molar-refractivity contribution is 0.173. The zero-order chi connectivity index (χ0) is 16.8. The molecule has 2 aliphatic rings. The van der Waals surface area contributed by atoms with Crippen LogP contribution in [0, 0.1) is 0 Å². The Morgan fingerprint density at radius 3 is 2.71 bits per heavy atom. The molecule has 132 valence electrons. The average molecular weight is 332 g/mol. The molecular weight excluding hydrogens is 304 g/mol. The number of urea groups is 1. The minimum atomic E-state index is -0.0836. The number of carbonyl (C=O) groups excluding carboxylic acids is 1. The number of rotatable bonds is 6. The van der Waals surface area contributed by atoms with Crippen molar-refractivity contribution < 1.29 is 9.90 Å². The van der Waals surface area contributed by atoms with Gasteiger partial charge in [-0.15, -0.1) is 0 Å². The summed E-state index contributed by atoms with van der Waals surface area (Å²) in [6.45, 7) is 3.05. The van der Waals surface area contributed by atoms with Gasteiger partial charge in [-0.05, 0) is 43.4 Å². The van der Waals surface area contributed by atoms with Crippen molar-refractivity contribution in [3.63, 3.8) is 0 Å². The molecule has 0 atom stereocenters. The lowest BCUT2D eigenvalue weighted by Gasteiger charge is -2.23. The summed E-state index contributed by atoms with van der Waals surface area (Å²) in [6.07, 6.45) is 8.96. The van der Waals surface area contributed by atoms with Crippen molar-refractivity contribution in [2.24, 2.45) is 0 Å². The fourth-order valence-electron chi connectivity index (χ4n) is 3.27. The largest absolute Gasteiger partial charge is 0.395 e. The summed E-state index contributed by atoms with van der Waals surface area (Å²) in [7, 11) is 0. The van der Waals surface area contributed by atoms with E-state index < -0.39 is 0 Å². The normalized spacial score (nSPS) is 18.1. The van der Waals surface area contributed by atoms with Crippen LogP contribution in [0.3, 0.4) is 0 Å². The fourth-order valence-corrected chi connectivity index (χ4v) is 3.27. The second kappa shape index (κ2) is 8.33. The number of amides is 2. The Labute approximate surface area is 143 Å². The van der Waals surface area contributed by atoms with Crippen LogP contribution in [-0.4, -0.2) is 53.3 Å². The lowest BCUT2D eigenvalue weighted by atomic mass is 10.2. The summed E-state index contributed by atoms with van der Waals surface area (Å²) in [5.74, 6) is 1.01. The van der Waals surface area contributed by atoms with Crippen LogP contribution in [0.4, 0.5) is 10.6 Å². The molecule has 0 aromatic carbocycles. The number of pyridine rings is 1. The van der Waals surface area contributed by atoms with Gasteiger partial charge in [-0.2, -0.15) is 0 Å². The maximum atomic E-state index is 12.3. The topological polar surface area (TPSA) is 68.7 Å². The van der Waals surface area contributed by atoms with Crippen LogP contribution in [0.15, 0.2) is 18.3 Å². The Balaban J connectivity index is 1.56. The number of aromatic nitrogens is 1. The molecule has 2 amide bonds. The van der Waals surface area contributed by atoms with E-state index in [-0.39, 0.29) is 12.6 Å². The zero-order valence-corrected chi connectivity index (χ0v) is 14.3.